The van der Waals surface area contributed by atoms with E-state index in [0.29, 0.717) is 12.2 Å². The summed E-state index contributed by atoms with van der Waals surface area (Å²) in [7, 11) is 0. The quantitative estimate of drug-likeness (QED) is 0.427. The Morgan fingerprint density at radius 2 is 1.72 bits per heavy atom. The van der Waals surface area contributed by atoms with Crippen LogP contribution >= 0.6 is 0 Å². The zero-order chi connectivity index (χ0) is 23.6. The zero-order valence-corrected chi connectivity index (χ0v) is 19.6. The van der Waals surface area contributed by atoms with E-state index >= 15 is 0 Å². The van der Waals surface area contributed by atoms with Crippen LogP contribution in [0.4, 0.5) is 5.69 Å². The normalized spacial score (nSPS) is 14.8. The van der Waals surface area contributed by atoms with E-state index < -0.39 is 11.9 Å². The second-order valence-electron chi connectivity index (χ2n) is 9.38. The van der Waals surface area contributed by atoms with E-state index in [1.165, 1.54) is 0 Å². The number of carbonyl (C=O) groups is 3. The highest BCUT2D eigenvalue weighted by Crippen LogP contribution is 2.23. The molecule has 0 bridgehead atoms. The number of hydrogen-bond donors (Lipinski definition) is 3. The molecule has 1 aliphatic rings. The maximum Gasteiger partial charge on any atom is 0.248 e. The van der Waals surface area contributed by atoms with Crippen molar-refractivity contribution in [2.75, 3.05) is 38.2 Å². The largest absolute Gasteiger partial charge is 0.385 e. The fraction of sp³-hybridized carbons (Fsp3) is 0.625. The first kappa shape index (κ1) is 25.6. The highest BCUT2D eigenvalue weighted by atomic mass is 16.5. The number of amides is 3. The van der Waals surface area contributed by atoms with Gasteiger partial charge in [0.2, 0.25) is 17.7 Å². The van der Waals surface area contributed by atoms with Gasteiger partial charge in [0.1, 0.15) is 12.6 Å². The van der Waals surface area contributed by atoms with Crippen molar-refractivity contribution in [2.24, 2.45) is 11.1 Å². The van der Waals surface area contributed by atoms with E-state index in [9.17, 15) is 14.4 Å². The Hall–Kier alpha value is -2.61. The summed E-state index contributed by atoms with van der Waals surface area (Å²) in [6.07, 6.45) is 4.83. The van der Waals surface area contributed by atoms with E-state index in [0.717, 1.165) is 57.4 Å². The van der Waals surface area contributed by atoms with Crippen molar-refractivity contribution >= 4 is 23.4 Å². The molecule has 0 aliphatic carbocycles. The van der Waals surface area contributed by atoms with Crippen molar-refractivity contribution in [1.29, 1.82) is 0 Å². The van der Waals surface area contributed by atoms with Gasteiger partial charge < -0.3 is 26.0 Å². The van der Waals surface area contributed by atoms with Gasteiger partial charge in [0.25, 0.3) is 0 Å². The molecule has 1 saturated heterocycles. The van der Waals surface area contributed by atoms with Crippen molar-refractivity contribution in [1.82, 2.24) is 10.2 Å². The van der Waals surface area contributed by atoms with Crippen LogP contribution in [0.3, 0.4) is 0 Å². The van der Waals surface area contributed by atoms with Crippen molar-refractivity contribution < 1.29 is 19.1 Å². The van der Waals surface area contributed by atoms with E-state index in [1.54, 1.807) is 12.1 Å². The fourth-order valence-electron chi connectivity index (χ4n) is 3.63. The molecule has 178 valence electrons. The summed E-state index contributed by atoms with van der Waals surface area (Å²) in [6.45, 7) is 8.71. The van der Waals surface area contributed by atoms with Gasteiger partial charge in [0.05, 0.1) is 0 Å². The van der Waals surface area contributed by atoms with Crippen LogP contribution in [-0.2, 0) is 14.3 Å². The summed E-state index contributed by atoms with van der Waals surface area (Å²) in [6, 6.07) is 6.53. The number of nitrogens with one attached hydrogen (secondary N) is 2. The lowest BCUT2D eigenvalue weighted by Gasteiger charge is -2.33. The minimum atomic E-state index is -0.542. The van der Waals surface area contributed by atoms with Crippen LogP contribution in [0.1, 0.15) is 63.2 Å². The molecule has 8 heteroatoms. The molecule has 1 atom stereocenters. The lowest BCUT2D eigenvalue weighted by molar-refractivity contribution is -0.139. The van der Waals surface area contributed by atoms with Crippen LogP contribution in [0.2, 0.25) is 0 Å². The molecule has 0 radical (unpaired) electrons. The molecule has 4 N–H and O–H groups in total. The number of unbranched alkanes of at least 4 members (excludes halogenated alkanes) is 2. The Kier molecular flexibility index (Phi) is 9.97. The minimum absolute atomic E-state index is 0.000108. The molecule has 0 unspecified atom stereocenters. The molecular formula is C24H38N4O4. The molecule has 0 spiro atoms. The predicted octanol–water partition coefficient (Wildman–Crippen LogP) is 2.54. The monoisotopic (exact) mass is 446 g/mol. The first-order valence-corrected chi connectivity index (χ1v) is 11.5. The molecule has 8 nitrogen and oxygen atoms in total. The molecule has 0 aromatic heterocycles. The highest BCUT2D eigenvalue weighted by Gasteiger charge is 2.36. The molecule has 3 amide bonds. The Morgan fingerprint density at radius 1 is 1.06 bits per heavy atom. The predicted molar refractivity (Wildman–Crippen MR) is 125 cm³/mol. The number of nitrogens with zero attached hydrogens (tertiary/aromatic N) is 1. The number of primary amides is 1. The molecule has 2 rings (SSSR count). The number of carbonyl (C=O) groups excluding carboxylic acids is 3. The first-order chi connectivity index (χ1) is 15.2. The van der Waals surface area contributed by atoms with Gasteiger partial charge in [0, 0.05) is 37.5 Å². The van der Waals surface area contributed by atoms with Gasteiger partial charge in [-0.25, -0.2) is 0 Å². The van der Waals surface area contributed by atoms with Gasteiger partial charge >= 0.3 is 0 Å². The standard InChI is InChI=1S/C24H38N4O4/c1-24(2,3)21(23(31)28-14-6-7-15-28)27-20(29)17-32-16-8-4-5-13-26-19-11-9-18(10-12-19)22(25)30/h9-12,21,26H,4-8,13-17H2,1-3H3,(H2,25,30)(H,27,29)/t21-/m1/s1. The lowest BCUT2D eigenvalue weighted by atomic mass is 9.85. The van der Waals surface area contributed by atoms with Gasteiger partial charge in [-0.15, -0.1) is 0 Å². The fourth-order valence-corrected chi connectivity index (χ4v) is 3.63. The third-order valence-corrected chi connectivity index (χ3v) is 5.53. The second kappa shape index (κ2) is 12.4. The number of benzene rings is 1. The Labute approximate surface area is 191 Å². The number of ether oxygens (including phenoxy) is 1. The number of rotatable bonds is 12. The summed E-state index contributed by atoms with van der Waals surface area (Å²) in [5.41, 5.74) is 6.31. The van der Waals surface area contributed by atoms with Crippen LogP contribution in [0.5, 0.6) is 0 Å². The summed E-state index contributed by atoms with van der Waals surface area (Å²) in [5, 5.41) is 6.18. The Morgan fingerprint density at radius 3 is 2.31 bits per heavy atom. The molecule has 1 fully saturated rings. The van der Waals surface area contributed by atoms with Gasteiger partial charge in [0.15, 0.2) is 0 Å². The lowest BCUT2D eigenvalue weighted by Crippen LogP contribution is -2.54. The first-order valence-electron chi connectivity index (χ1n) is 11.5. The van der Waals surface area contributed by atoms with Crippen LogP contribution in [0.25, 0.3) is 0 Å². The smallest absolute Gasteiger partial charge is 0.248 e. The minimum Gasteiger partial charge on any atom is -0.385 e. The number of anilines is 1. The van der Waals surface area contributed by atoms with Crippen molar-refractivity contribution in [3.05, 3.63) is 29.8 Å². The maximum atomic E-state index is 12.8. The third kappa shape index (κ3) is 8.49. The summed E-state index contributed by atoms with van der Waals surface area (Å²) in [5.74, 6) is -0.684. The molecule has 1 aliphatic heterocycles. The second-order valence-corrected chi connectivity index (χ2v) is 9.38. The molecule has 1 aromatic carbocycles. The van der Waals surface area contributed by atoms with Crippen molar-refractivity contribution in [3.63, 3.8) is 0 Å². The molecular weight excluding hydrogens is 408 g/mol. The van der Waals surface area contributed by atoms with E-state index in [2.05, 4.69) is 10.6 Å². The SMILES string of the molecule is CC(C)(C)[C@H](NC(=O)COCCCCCNc1ccc(C(N)=O)cc1)C(=O)N1CCCC1. The van der Waals surface area contributed by atoms with Crippen LogP contribution in [0.15, 0.2) is 24.3 Å². The summed E-state index contributed by atoms with van der Waals surface area (Å²) in [4.78, 5) is 38.0. The summed E-state index contributed by atoms with van der Waals surface area (Å²) >= 11 is 0. The molecule has 1 heterocycles. The van der Waals surface area contributed by atoms with Crippen LogP contribution in [-0.4, -0.2) is 61.5 Å². The number of hydrogen-bond acceptors (Lipinski definition) is 5. The summed E-state index contributed by atoms with van der Waals surface area (Å²) < 4.78 is 5.51. The van der Waals surface area contributed by atoms with Gasteiger partial charge in [-0.05, 0) is 61.8 Å². The van der Waals surface area contributed by atoms with E-state index in [1.807, 2.05) is 37.8 Å². The Balaban J connectivity index is 1.59. The maximum absolute atomic E-state index is 12.8. The van der Waals surface area contributed by atoms with Gasteiger partial charge in [-0.2, -0.15) is 0 Å². The molecule has 32 heavy (non-hydrogen) atoms. The average molecular weight is 447 g/mol. The van der Waals surface area contributed by atoms with E-state index in [-0.39, 0.29) is 23.8 Å². The van der Waals surface area contributed by atoms with Crippen molar-refractivity contribution in [2.45, 2.75) is 58.9 Å². The van der Waals surface area contributed by atoms with Crippen molar-refractivity contribution in [3.8, 4) is 0 Å². The average Bonchev–Trinajstić information content (AvgIpc) is 3.28. The molecule has 0 saturated carbocycles. The van der Waals surface area contributed by atoms with Crippen LogP contribution in [0, 0.1) is 5.41 Å². The topological polar surface area (TPSA) is 114 Å². The van der Waals surface area contributed by atoms with Gasteiger partial charge in [-0.1, -0.05) is 20.8 Å². The highest BCUT2D eigenvalue weighted by molar-refractivity contribution is 5.93. The van der Waals surface area contributed by atoms with E-state index in [4.69, 9.17) is 10.5 Å². The zero-order valence-electron chi connectivity index (χ0n) is 19.6. The van der Waals surface area contributed by atoms with Crippen LogP contribution < -0.4 is 16.4 Å². The third-order valence-electron chi connectivity index (χ3n) is 5.53. The van der Waals surface area contributed by atoms with Gasteiger partial charge in [-0.3, -0.25) is 14.4 Å². The number of likely N-dealkylation sites (tertiary alicyclic amines) is 1. The molecule has 1 aromatic rings. The Bertz CT molecular complexity index is 752. The number of nitrogens with two attached hydrogens (primary N) is 1.